The zero-order chi connectivity index (χ0) is 8.57. The highest BCUT2D eigenvalue weighted by molar-refractivity contribution is 5.74. The first-order valence-electron chi connectivity index (χ1n) is 3.72. The molecular formula is C8H20O2. The maximum atomic E-state index is 9.81. The van der Waals surface area contributed by atoms with Crippen LogP contribution in [0.1, 0.15) is 42.0 Å². The highest BCUT2D eigenvalue weighted by Crippen LogP contribution is 1.81. The molecule has 0 bridgehead atoms. The molecule has 0 aliphatic carbocycles. The Morgan fingerprint density at radius 1 is 1.60 bits per heavy atom. The summed E-state index contributed by atoms with van der Waals surface area (Å²) < 4.78 is 0. The van der Waals surface area contributed by atoms with Crippen molar-refractivity contribution in [2.75, 3.05) is 0 Å². The summed E-state index contributed by atoms with van der Waals surface area (Å²) in [5, 5.41) is 8.36. The molecule has 10 heavy (non-hydrogen) atoms. The largest absolute Gasteiger partial charge is 0.393 e. The summed E-state index contributed by atoms with van der Waals surface area (Å²) in [4.78, 5) is 9.81. The van der Waals surface area contributed by atoms with Gasteiger partial charge in [0.1, 0.15) is 5.78 Å². The molecule has 0 radical (unpaired) electrons. The van der Waals surface area contributed by atoms with Crippen LogP contribution in [0.5, 0.6) is 0 Å². The fourth-order valence-electron chi connectivity index (χ4n) is 0. The predicted octanol–water partition coefficient (Wildman–Crippen LogP) is 2.01. The molecule has 0 saturated heterocycles. The van der Waals surface area contributed by atoms with Gasteiger partial charge in [0.15, 0.2) is 0 Å². The molecule has 64 valence electrons. The van der Waals surface area contributed by atoms with Gasteiger partial charge in [0.05, 0.1) is 6.10 Å². The van der Waals surface area contributed by atoms with Crippen molar-refractivity contribution in [3.8, 4) is 0 Å². The van der Waals surface area contributed by atoms with E-state index in [1.165, 1.54) is 0 Å². The van der Waals surface area contributed by atoms with Crippen molar-refractivity contribution in [2.24, 2.45) is 0 Å². The zero-order valence-electron chi connectivity index (χ0n) is 7.35. The van der Waals surface area contributed by atoms with Crippen LogP contribution in [0.4, 0.5) is 0 Å². The third kappa shape index (κ3) is 25.5. The van der Waals surface area contributed by atoms with E-state index in [1.807, 2.05) is 13.8 Å². The second-order valence-corrected chi connectivity index (χ2v) is 2.31. The van der Waals surface area contributed by atoms with E-state index >= 15 is 0 Å². The van der Waals surface area contributed by atoms with E-state index in [9.17, 15) is 4.79 Å². The highest BCUT2D eigenvalue weighted by Gasteiger charge is 1.81. The lowest BCUT2D eigenvalue weighted by atomic mass is 10.3. The van der Waals surface area contributed by atoms with Gasteiger partial charge in [-0.3, -0.25) is 0 Å². The molecule has 0 saturated carbocycles. The van der Waals surface area contributed by atoms with Gasteiger partial charge in [-0.15, -0.1) is 0 Å². The molecule has 0 aromatic rings. The Balaban J connectivity index is -0.000000107. The van der Waals surface area contributed by atoms with E-state index in [0.29, 0.717) is 6.42 Å². The summed E-state index contributed by atoms with van der Waals surface area (Å²) in [6, 6.07) is 0. The van der Waals surface area contributed by atoms with Crippen LogP contribution >= 0.6 is 0 Å². The van der Waals surface area contributed by atoms with Crippen LogP contribution < -0.4 is 0 Å². The Hall–Kier alpha value is -0.370. The minimum absolute atomic E-state index is 0. The minimum Gasteiger partial charge on any atom is -0.393 e. The molecule has 0 heterocycles. The van der Waals surface area contributed by atoms with Gasteiger partial charge in [-0.05, 0) is 20.3 Å². The maximum absolute atomic E-state index is 9.81. The Morgan fingerprint density at radius 2 is 1.80 bits per heavy atom. The van der Waals surface area contributed by atoms with Crippen LogP contribution in [0.2, 0.25) is 0 Å². The van der Waals surface area contributed by atoms with Crippen molar-refractivity contribution in [2.45, 2.75) is 46.6 Å². The number of ketones is 1. The Labute approximate surface area is 64.7 Å². The van der Waals surface area contributed by atoms with Gasteiger partial charge in [0, 0.05) is 7.85 Å². The molecule has 1 atom stereocenters. The third-order valence-electron chi connectivity index (χ3n) is 1.09. The van der Waals surface area contributed by atoms with Crippen molar-refractivity contribution < 1.29 is 11.3 Å². The summed E-state index contributed by atoms with van der Waals surface area (Å²) in [5.41, 5.74) is 0. The van der Waals surface area contributed by atoms with Gasteiger partial charge in [0.25, 0.3) is 0 Å². The van der Waals surface area contributed by atoms with Crippen LogP contribution in [-0.4, -0.2) is 17.0 Å². The Morgan fingerprint density at radius 3 is 1.80 bits per heavy atom. The topological polar surface area (TPSA) is 37.3 Å². The highest BCUT2D eigenvalue weighted by atomic mass is 16.3. The first-order chi connectivity index (χ1) is 4.54. The monoisotopic (exact) mass is 148 g/mol. The minimum atomic E-state index is -0.116. The second-order valence-electron chi connectivity index (χ2n) is 2.31. The van der Waals surface area contributed by atoms with Crippen molar-refractivity contribution in [3.63, 3.8) is 0 Å². The number of Topliss-reactive ketones (excluding diaryl/α,β-unsaturated/α-hetero) is 1. The van der Waals surface area contributed by atoms with E-state index in [0.717, 1.165) is 6.42 Å². The summed E-state index contributed by atoms with van der Waals surface area (Å²) in [6.45, 7) is 7.16. The number of hydrogen-bond donors (Lipinski definition) is 1. The van der Waals surface area contributed by atoms with Gasteiger partial charge in [0.2, 0.25) is 0 Å². The molecule has 2 nitrogen and oxygen atoms in total. The number of hydrogen-bond acceptors (Lipinski definition) is 2. The third-order valence-corrected chi connectivity index (χ3v) is 1.09. The van der Waals surface area contributed by atoms with Crippen LogP contribution in [0, 0.1) is 0 Å². The number of carbonyl (C=O) groups excluding carboxylic acids is 1. The Kier molecular flexibility index (Phi) is 10.6. The molecule has 1 unspecified atom stereocenters. The standard InChI is InChI=1S/C4H10O.C4H8O.H2/c2*1-3-4(2)5;/h4-5H,3H2,1-2H3;3H2,1-2H3;1H. The lowest BCUT2D eigenvalue weighted by Crippen LogP contribution is -1.93. The van der Waals surface area contributed by atoms with E-state index in [-0.39, 0.29) is 13.3 Å². The maximum Gasteiger partial charge on any atom is 0.129 e. The van der Waals surface area contributed by atoms with Crippen molar-refractivity contribution >= 4 is 5.78 Å². The number of carbonyl (C=O) groups is 1. The first-order valence-corrected chi connectivity index (χ1v) is 3.72. The van der Waals surface area contributed by atoms with Crippen molar-refractivity contribution in [3.05, 3.63) is 0 Å². The predicted molar refractivity (Wildman–Crippen MR) is 45.1 cm³/mol. The fourth-order valence-corrected chi connectivity index (χ4v) is 0. The molecule has 0 spiro atoms. The molecule has 0 rings (SSSR count). The number of aliphatic hydroxyl groups is 1. The van der Waals surface area contributed by atoms with E-state index in [1.54, 1.807) is 13.8 Å². The summed E-state index contributed by atoms with van der Waals surface area (Å²) >= 11 is 0. The van der Waals surface area contributed by atoms with Gasteiger partial charge in [-0.1, -0.05) is 13.8 Å². The van der Waals surface area contributed by atoms with Gasteiger partial charge < -0.3 is 9.90 Å². The molecule has 0 amide bonds. The Bertz CT molecular complexity index is 82.2. The summed E-state index contributed by atoms with van der Waals surface area (Å²) in [6.07, 6.45) is 1.41. The summed E-state index contributed by atoms with van der Waals surface area (Å²) in [7, 11) is 0. The molecule has 2 heteroatoms. The van der Waals surface area contributed by atoms with Gasteiger partial charge in [-0.25, -0.2) is 0 Å². The van der Waals surface area contributed by atoms with E-state index in [4.69, 9.17) is 5.11 Å². The smallest absolute Gasteiger partial charge is 0.129 e. The van der Waals surface area contributed by atoms with Crippen molar-refractivity contribution in [1.82, 2.24) is 0 Å². The molecule has 1 N–H and O–H groups in total. The molecular weight excluding hydrogens is 128 g/mol. The lowest BCUT2D eigenvalue weighted by molar-refractivity contribution is -0.116. The summed E-state index contributed by atoms with van der Waals surface area (Å²) in [5.74, 6) is 0.255. The normalized spacial score (nSPS) is 11.3. The molecule has 0 aliphatic rings. The second kappa shape index (κ2) is 8.63. The molecule has 0 fully saturated rings. The van der Waals surface area contributed by atoms with Crippen LogP contribution in [0.15, 0.2) is 0 Å². The van der Waals surface area contributed by atoms with Gasteiger partial charge >= 0.3 is 0 Å². The van der Waals surface area contributed by atoms with Crippen molar-refractivity contribution in [1.29, 1.82) is 0 Å². The van der Waals surface area contributed by atoms with Crippen LogP contribution in [0.25, 0.3) is 0 Å². The quantitative estimate of drug-likeness (QED) is 0.650. The zero-order valence-corrected chi connectivity index (χ0v) is 7.35. The lowest BCUT2D eigenvalue weighted by Gasteiger charge is -1.90. The SMILES string of the molecule is CCC(C)=O.CCC(C)O.[HH]. The van der Waals surface area contributed by atoms with Crippen LogP contribution in [0.3, 0.4) is 0 Å². The number of rotatable bonds is 2. The first kappa shape index (κ1) is 12.3. The average molecular weight is 148 g/mol. The van der Waals surface area contributed by atoms with Crippen LogP contribution in [-0.2, 0) is 4.79 Å². The fraction of sp³-hybridized carbons (Fsp3) is 0.875. The molecule has 0 aromatic heterocycles. The average Bonchev–Trinajstić information content (AvgIpc) is 1.89. The van der Waals surface area contributed by atoms with Gasteiger partial charge in [-0.2, -0.15) is 0 Å². The molecule has 0 aliphatic heterocycles. The van der Waals surface area contributed by atoms with E-state index < -0.39 is 0 Å². The molecule has 0 aromatic carbocycles. The van der Waals surface area contributed by atoms with E-state index in [2.05, 4.69) is 0 Å². The number of aliphatic hydroxyl groups excluding tert-OH is 1.